The monoisotopic (exact) mass is 252 g/mol. The van der Waals surface area contributed by atoms with Gasteiger partial charge in [-0.1, -0.05) is 0 Å². The van der Waals surface area contributed by atoms with Crippen LogP contribution in [-0.4, -0.2) is 72.3 Å². The Morgan fingerprint density at radius 3 is 2.44 bits per heavy atom. The summed E-state index contributed by atoms with van der Waals surface area (Å²) in [6, 6.07) is 0. The molecular weight excluding hydrogens is 228 g/mol. The highest BCUT2D eigenvalue weighted by atomic mass is 32.2. The third kappa shape index (κ3) is 13.8. The molecule has 0 heterocycles. The van der Waals surface area contributed by atoms with E-state index in [9.17, 15) is 8.42 Å². The Morgan fingerprint density at radius 2 is 1.88 bits per heavy atom. The van der Waals surface area contributed by atoms with Crippen molar-refractivity contribution >= 4 is 9.84 Å². The van der Waals surface area contributed by atoms with Crippen molar-refractivity contribution in [2.45, 2.75) is 6.42 Å². The van der Waals surface area contributed by atoms with E-state index in [4.69, 9.17) is 4.74 Å². The molecule has 16 heavy (non-hydrogen) atoms. The number of nitrogens with zero attached hydrogens (tertiary/aromatic N) is 1. The van der Waals surface area contributed by atoms with Crippen molar-refractivity contribution in [1.29, 1.82) is 0 Å². The molecule has 0 unspecified atom stereocenters. The molecule has 0 aliphatic rings. The van der Waals surface area contributed by atoms with E-state index in [0.717, 1.165) is 26.2 Å². The Labute approximate surface area is 99.1 Å². The van der Waals surface area contributed by atoms with Crippen molar-refractivity contribution in [2.24, 2.45) is 0 Å². The minimum Gasteiger partial charge on any atom is -0.379 e. The highest BCUT2D eigenvalue weighted by Crippen LogP contribution is 1.86. The van der Waals surface area contributed by atoms with Gasteiger partial charge in [-0.3, -0.25) is 0 Å². The van der Waals surface area contributed by atoms with E-state index >= 15 is 0 Å². The molecule has 0 atom stereocenters. The van der Waals surface area contributed by atoms with Gasteiger partial charge in [-0.05, 0) is 27.1 Å². The van der Waals surface area contributed by atoms with Crippen LogP contribution in [0.2, 0.25) is 0 Å². The van der Waals surface area contributed by atoms with Gasteiger partial charge in [0.2, 0.25) is 0 Å². The molecular formula is C10H24N2O3S. The average molecular weight is 252 g/mol. The second-order valence-electron chi connectivity index (χ2n) is 4.15. The second kappa shape index (κ2) is 8.92. The van der Waals surface area contributed by atoms with E-state index in [-0.39, 0.29) is 5.75 Å². The van der Waals surface area contributed by atoms with Crippen LogP contribution in [0.15, 0.2) is 0 Å². The van der Waals surface area contributed by atoms with E-state index in [1.807, 2.05) is 14.1 Å². The molecule has 5 nitrogen and oxygen atoms in total. The van der Waals surface area contributed by atoms with Crippen molar-refractivity contribution in [3.8, 4) is 0 Å². The van der Waals surface area contributed by atoms with Crippen LogP contribution in [0.5, 0.6) is 0 Å². The highest BCUT2D eigenvalue weighted by Gasteiger charge is 2.00. The van der Waals surface area contributed by atoms with Gasteiger partial charge in [0.1, 0.15) is 9.84 Å². The van der Waals surface area contributed by atoms with Crippen molar-refractivity contribution < 1.29 is 13.2 Å². The van der Waals surface area contributed by atoms with Gasteiger partial charge < -0.3 is 15.0 Å². The van der Waals surface area contributed by atoms with Crippen molar-refractivity contribution in [2.75, 3.05) is 59.0 Å². The summed E-state index contributed by atoms with van der Waals surface area (Å²) in [4.78, 5) is 2.07. The fourth-order valence-corrected chi connectivity index (χ4v) is 1.75. The number of nitrogens with one attached hydrogen (secondary N) is 1. The van der Waals surface area contributed by atoms with E-state index in [2.05, 4.69) is 10.2 Å². The van der Waals surface area contributed by atoms with Gasteiger partial charge in [0.05, 0.1) is 19.0 Å². The molecule has 0 bridgehead atoms. The van der Waals surface area contributed by atoms with Crippen LogP contribution in [0.25, 0.3) is 0 Å². The maximum Gasteiger partial charge on any atom is 0.147 e. The van der Waals surface area contributed by atoms with Crippen LogP contribution >= 0.6 is 0 Å². The van der Waals surface area contributed by atoms with E-state index in [1.165, 1.54) is 6.26 Å². The Morgan fingerprint density at radius 1 is 1.19 bits per heavy atom. The van der Waals surface area contributed by atoms with Gasteiger partial charge in [0.25, 0.3) is 0 Å². The largest absolute Gasteiger partial charge is 0.379 e. The molecule has 0 fully saturated rings. The van der Waals surface area contributed by atoms with Crippen molar-refractivity contribution in [1.82, 2.24) is 10.2 Å². The second-order valence-corrected chi connectivity index (χ2v) is 6.41. The lowest BCUT2D eigenvalue weighted by atomic mass is 10.5. The van der Waals surface area contributed by atoms with Gasteiger partial charge in [-0.25, -0.2) is 8.42 Å². The van der Waals surface area contributed by atoms with Crippen LogP contribution in [0.1, 0.15) is 6.42 Å². The summed E-state index contributed by atoms with van der Waals surface area (Å²) in [7, 11) is 1.20. The van der Waals surface area contributed by atoms with E-state index in [0.29, 0.717) is 13.0 Å². The van der Waals surface area contributed by atoms with Crippen molar-refractivity contribution in [3.63, 3.8) is 0 Å². The smallest absolute Gasteiger partial charge is 0.147 e. The van der Waals surface area contributed by atoms with Crippen molar-refractivity contribution in [3.05, 3.63) is 0 Å². The van der Waals surface area contributed by atoms with Crippen LogP contribution in [-0.2, 0) is 14.6 Å². The highest BCUT2D eigenvalue weighted by molar-refractivity contribution is 7.90. The molecule has 0 spiro atoms. The summed E-state index contributed by atoms with van der Waals surface area (Å²) in [6.07, 6.45) is 1.92. The molecule has 0 aliphatic heterocycles. The average Bonchev–Trinajstić information content (AvgIpc) is 2.13. The molecule has 0 aromatic carbocycles. The Bertz CT molecular complexity index is 253. The van der Waals surface area contributed by atoms with Crippen LogP contribution in [0.3, 0.4) is 0 Å². The maximum absolute atomic E-state index is 10.8. The first-order valence-corrected chi connectivity index (χ1v) is 7.59. The van der Waals surface area contributed by atoms with Gasteiger partial charge in [-0.2, -0.15) is 0 Å². The van der Waals surface area contributed by atoms with Crippen LogP contribution in [0.4, 0.5) is 0 Å². The Balaban J connectivity index is 3.10. The SMILES string of the molecule is CN(C)CCOCCNCCCS(C)(=O)=O. The molecule has 6 heteroatoms. The summed E-state index contributed by atoms with van der Waals surface area (Å²) in [5.41, 5.74) is 0. The number of rotatable bonds is 10. The number of likely N-dealkylation sites (N-methyl/N-ethyl adjacent to an activating group) is 1. The van der Waals surface area contributed by atoms with Gasteiger partial charge >= 0.3 is 0 Å². The first kappa shape index (κ1) is 15.8. The zero-order valence-corrected chi connectivity index (χ0v) is 11.3. The predicted molar refractivity (Wildman–Crippen MR) is 66.6 cm³/mol. The maximum atomic E-state index is 10.8. The standard InChI is InChI=1S/C10H24N2O3S/c1-12(2)7-9-15-8-6-11-5-4-10-16(3,13)14/h11H,4-10H2,1-3H3. The lowest BCUT2D eigenvalue weighted by Gasteiger charge is -2.10. The fraction of sp³-hybridized carbons (Fsp3) is 1.00. The van der Waals surface area contributed by atoms with Gasteiger partial charge in [0.15, 0.2) is 0 Å². The summed E-state index contributed by atoms with van der Waals surface area (Å²) in [5.74, 6) is 0.251. The number of ether oxygens (including phenoxy) is 1. The van der Waals surface area contributed by atoms with E-state index in [1.54, 1.807) is 0 Å². The summed E-state index contributed by atoms with van der Waals surface area (Å²) in [5, 5.41) is 3.14. The minimum atomic E-state index is -2.81. The minimum absolute atomic E-state index is 0.251. The molecule has 1 N–H and O–H groups in total. The number of hydrogen-bond acceptors (Lipinski definition) is 5. The van der Waals surface area contributed by atoms with Gasteiger partial charge in [-0.15, -0.1) is 0 Å². The molecule has 0 aromatic rings. The normalized spacial score (nSPS) is 12.2. The Hall–Kier alpha value is -0.170. The molecule has 0 saturated heterocycles. The molecule has 0 aliphatic carbocycles. The number of hydrogen-bond donors (Lipinski definition) is 1. The topological polar surface area (TPSA) is 58.6 Å². The Kier molecular flexibility index (Phi) is 8.83. The molecule has 0 saturated carbocycles. The predicted octanol–water partition coefficient (Wildman–Crippen LogP) is -0.411. The first-order chi connectivity index (χ1) is 7.42. The van der Waals surface area contributed by atoms with Crippen LogP contribution in [0, 0.1) is 0 Å². The zero-order valence-electron chi connectivity index (χ0n) is 10.5. The number of sulfone groups is 1. The third-order valence-electron chi connectivity index (χ3n) is 1.97. The molecule has 0 rings (SSSR count). The molecule has 98 valence electrons. The molecule has 0 radical (unpaired) electrons. The quantitative estimate of drug-likeness (QED) is 0.536. The fourth-order valence-electron chi connectivity index (χ4n) is 1.08. The lowest BCUT2D eigenvalue weighted by Crippen LogP contribution is -2.24. The van der Waals surface area contributed by atoms with Crippen LogP contribution < -0.4 is 5.32 Å². The summed E-state index contributed by atoms with van der Waals surface area (Å²) in [6.45, 7) is 3.83. The van der Waals surface area contributed by atoms with Gasteiger partial charge in [0, 0.05) is 19.3 Å². The zero-order chi connectivity index (χ0) is 12.4. The summed E-state index contributed by atoms with van der Waals surface area (Å²) >= 11 is 0. The van der Waals surface area contributed by atoms with E-state index < -0.39 is 9.84 Å². The lowest BCUT2D eigenvalue weighted by molar-refractivity contribution is 0.119. The molecule has 0 amide bonds. The summed E-state index contributed by atoms with van der Waals surface area (Å²) < 4.78 is 27.0. The first-order valence-electron chi connectivity index (χ1n) is 5.53. The molecule has 0 aromatic heterocycles. The third-order valence-corrected chi connectivity index (χ3v) is 3.00.